The summed E-state index contributed by atoms with van der Waals surface area (Å²) in [7, 11) is 0. The molecule has 7 heteroatoms. The lowest BCUT2D eigenvalue weighted by Crippen LogP contribution is -2.18. The van der Waals surface area contributed by atoms with Gasteiger partial charge in [0.25, 0.3) is 5.56 Å². The van der Waals surface area contributed by atoms with Crippen molar-refractivity contribution in [1.29, 1.82) is 0 Å². The van der Waals surface area contributed by atoms with Crippen LogP contribution in [0, 0.1) is 6.92 Å². The number of hydrogen-bond donors (Lipinski definition) is 0. The third kappa shape index (κ3) is 5.51. The smallest absolute Gasteiger partial charge is 0.344 e. The lowest BCUT2D eigenvalue weighted by Gasteiger charge is -2.09. The maximum absolute atomic E-state index is 12.2. The number of carbonyl (C=O) groups excluding carboxylic acids is 1. The van der Waals surface area contributed by atoms with Gasteiger partial charge in [0.05, 0.1) is 5.69 Å². The number of benzene rings is 2. The van der Waals surface area contributed by atoms with Crippen molar-refractivity contribution >= 4 is 11.6 Å². The molecule has 7 nitrogen and oxygen atoms in total. The standard InChI is InChI=1S/C25H22N2O5/c1-18-7-12-23-26-20(13-24(28)27(23)14-18)16-32-25(29)17-31-22-10-8-21(9-11-22)30-15-19-5-3-2-4-6-19/h2-14H,15-17H2,1H3. The van der Waals surface area contributed by atoms with E-state index >= 15 is 0 Å². The van der Waals surface area contributed by atoms with E-state index in [1.165, 1.54) is 10.5 Å². The maximum Gasteiger partial charge on any atom is 0.344 e. The highest BCUT2D eigenvalue weighted by atomic mass is 16.6. The molecule has 0 N–H and O–H groups in total. The average molecular weight is 430 g/mol. The van der Waals surface area contributed by atoms with Crippen molar-refractivity contribution in [3.8, 4) is 11.5 Å². The molecule has 0 spiro atoms. The van der Waals surface area contributed by atoms with Gasteiger partial charge >= 0.3 is 5.97 Å². The van der Waals surface area contributed by atoms with Gasteiger partial charge in [-0.2, -0.15) is 0 Å². The molecular weight excluding hydrogens is 408 g/mol. The molecule has 2 aromatic carbocycles. The zero-order valence-electron chi connectivity index (χ0n) is 17.6. The van der Waals surface area contributed by atoms with E-state index in [9.17, 15) is 9.59 Å². The predicted octanol–water partition coefficient (Wildman–Crippen LogP) is 3.70. The van der Waals surface area contributed by atoms with Crippen molar-refractivity contribution in [2.24, 2.45) is 0 Å². The Hall–Kier alpha value is -4.13. The minimum absolute atomic E-state index is 0.103. The Morgan fingerprint density at radius 1 is 0.906 bits per heavy atom. The second-order valence-electron chi connectivity index (χ2n) is 7.22. The van der Waals surface area contributed by atoms with Gasteiger partial charge in [-0.3, -0.25) is 9.20 Å². The van der Waals surface area contributed by atoms with Gasteiger partial charge in [-0.05, 0) is 48.4 Å². The van der Waals surface area contributed by atoms with E-state index < -0.39 is 5.97 Å². The van der Waals surface area contributed by atoms with Crippen LogP contribution >= 0.6 is 0 Å². The fraction of sp³-hybridized carbons (Fsp3) is 0.160. The van der Waals surface area contributed by atoms with E-state index in [0.717, 1.165) is 11.1 Å². The second kappa shape index (κ2) is 9.78. The summed E-state index contributed by atoms with van der Waals surface area (Å²) in [5, 5.41) is 0. The van der Waals surface area contributed by atoms with Crippen LogP contribution in [-0.4, -0.2) is 22.0 Å². The second-order valence-corrected chi connectivity index (χ2v) is 7.22. The molecule has 0 saturated carbocycles. The summed E-state index contributed by atoms with van der Waals surface area (Å²) < 4.78 is 17.8. The van der Waals surface area contributed by atoms with E-state index in [0.29, 0.717) is 29.4 Å². The van der Waals surface area contributed by atoms with Crippen LogP contribution in [0.4, 0.5) is 0 Å². The number of aryl methyl sites for hydroxylation is 1. The highest BCUT2D eigenvalue weighted by molar-refractivity contribution is 5.71. The highest BCUT2D eigenvalue weighted by Crippen LogP contribution is 2.18. The van der Waals surface area contributed by atoms with Gasteiger partial charge in [-0.15, -0.1) is 0 Å². The lowest BCUT2D eigenvalue weighted by molar-refractivity contribution is -0.147. The van der Waals surface area contributed by atoms with E-state index in [-0.39, 0.29) is 18.8 Å². The number of ether oxygens (including phenoxy) is 3. The van der Waals surface area contributed by atoms with Crippen LogP contribution in [0.3, 0.4) is 0 Å². The summed E-state index contributed by atoms with van der Waals surface area (Å²) >= 11 is 0. The first-order valence-corrected chi connectivity index (χ1v) is 10.1. The molecule has 32 heavy (non-hydrogen) atoms. The molecule has 162 valence electrons. The quantitative estimate of drug-likeness (QED) is 0.397. The first kappa shape index (κ1) is 21.1. The normalized spacial score (nSPS) is 10.7. The lowest BCUT2D eigenvalue weighted by atomic mass is 10.2. The Balaban J connectivity index is 1.25. The molecule has 0 aliphatic rings. The summed E-state index contributed by atoms with van der Waals surface area (Å²) in [6, 6.07) is 21.8. The fourth-order valence-electron chi connectivity index (χ4n) is 3.04. The summed E-state index contributed by atoms with van der Waals surface area (Å²) in [4.78, 5) is 28.6. The Morgan fingerprint density at radius 3 is 2.38 bits per heavy atom. The zero-order valence-corrected chi connectivity index (χ0v) is 17.6. The van der Waals surface area contributed by atoms with Crippen molar-refractivity contribution in [3.63, 3.8) is 0 Å². The maximum atomic E-state index is 12.2. The van der Waals surface area contributed by atoms with Gasteiger partial charge in [0, 0.05) is 12.3 Å². The molecule has 0 fully saturated rings. The van der Waals surface area contributed by atoms with Crippen molar-refractivity contribution in [1.82, 2.24) is 9.38 Å². The molecule has 0 aliphatic heterocycles. The van der Waals surface area contributed by atoms with Crippen LogP contribution in [0.25, 0.3) is 5.65 Å². The largest absolute Gasteiger partial charge is 0.489 e. The van der Waals surface area contributed by atoms with Gasteiger partial charge < -0.3 is 14.2 Å². The Kier molecular flexibility index (Phi) is 6.46. The Bertz CT molecular complexity index is 1270. The topological polar surface area (TPSA) is 79.1 Å². The van der Waals surface area contributed by atoms with Gasteiger partial charge in [-0.1, -0.05) is 36.4 Å². The third-order valence-corrected chi connectivity index (χ3v) is 4.67. The SMILES string of the molecule is Cc1ccc2nc(COC(=O)COc3ccc(OCc4ccccc4)cc3)cc(=O)n2c1. The number of pyridine rings is 1. The molecule has 0 aliphatic carbocycles. The van der Waals surface area contributed by atoms with Crippen LogP contribution in [0.2, 0.25) is 0 Å². The summed E-state index contributed by atoms with van der Waals surface area (Å²) in [5.41, 5.74) is 2.69. The molecule has 0 unspecified atom stereocenters. The molecule has 2 heterocycles. The van der Waals surface area contributed by atoms with Crippen LogP contribution in [-0.2, 0) is 22.7 Å². The number of carbonyl (C=O) groups is 1. The molecule has 4 aromatic rings. The molecule has 0 atom stereocenters. The van der Waals surface area contributed by atoms with Crippen LogP contribution in [0.15, 0.2) is 83.8 Å². The number of hydrogen-bond acceptors (Lipinski definition) is 6. The molecule has 4 rings (SSSR count). The number of rotatable bonds is 8. The van der Waals surface area contributed by atoms with Gasteiger partial charge in [-0.25, -0.2) is 9.78 Å². The first-order chi connectivity index (χ1) is 15.6. The Morgan fingerprint density at radius 2 is 1.62 bits per heavy atom. The zero-order chi connectivity index (χ0) is 22.3. The number of esters is 1. The van der Waals surface area contributed by atoms with Gasteiger partial charge in [0.15, 0.2) is 6.61 Å². The third-order valence-electron chi connectivity index (χ3n) is 4.67. The van der Waals surface area contributed by atoms with Crippen LogP contribution in [0.5, 0.6) is 11.5 Å². The first-order valence-electron chi connectivity index (χ1n) is 10.1. The minimum atomic E-state index is -0.555. The summed E-state index contributed by atoms with van der Waals surface area (Å²) in [5.74, 6) is 0.666. The summed E-state index contributed by atoms with van der Waals surface area (Å²) in [6.07, 6.45) is 1.71. The number of aromatic nitrogens is 2. The highest BCUT2D eigenvalue weighted by Gasteiger charge is 2.08. The van der Waals surface area contributed by atoms with Crippen molar-refractivity contribution in [2.75, 3.05) is 6.61 Å². The van der Waals surface area contributed by atoms with E-state index in [1.54, 1.807) is 36.5 Å². The molecule has 0 radical (unpaired) electrons. The monoisotopic (exact) mass is 430 g/mol. The fourth-order valence-corrected chi connectivity index (χ4v) is 3.04. The minimum Gasteiger partial charge on any atom is -0.489 e. The number of fused-ring (bicyclic) bond motifs is 1. The van der Waals surface area contributed by atoms with Crippen LogP contribution < -0.4 is 15.0 Å². The predicted molar refractivity (Wildman–Crippen MR) is 119 cm³/mol. The van der Waals surface area contributed by atoms with Crippen LogP contribution in [0.1, 0.15) is 16.8 Å². The average Bonchev–Trinajstić information content (AvgIpc) is 2.82. The van der Waals surface area contributed by atoms with E-state index in [2.05, 4.69) is 4.98 Å². The van der Waals surface area contributed by atoms with Gasteiger partial charge in [0.2, 0.25) is 0 Å². The van der Waals surface area contributed by atoms with Crippen molar-refractivity contribution in [2.45, 2.75) is 20.1 Å². The van der Waals surface area contributed by atoms with E-state index in [1.807, 2.05) is 43.3 Å². The molecule has 0 amide bonds. The van der Waals surface area contributed by atoms with Crippen molar-refractivity contribution < 1.29 is 19.0 Å². The summed E-state index contributed by atoms with van der Waals surface area (Å²) in [6.45, 7) is 2.01. The van der Waals surface area contributed by atoms with E-state index in [4.69, 9.17) is 14.2 Å². The molecular formula is C25H22N2O5. The Labute approximate surface area is 184 Å². The molecule has 0 saturated heterocycles. The van der Waals surface area contributed by atoms with Crippen molar-refractivity contribution in [3.05, 3.63) is 106 Å². The molecule has 0 bridgehead atoms. The number of nitrogens with zero attached hydrogens (tertiary/aromatic N) is 2. The van der Waals surface area contributed by atoms with Gasteiger partial charge in [0.1, 0.15) is 30.4 Å². The molecule has 2 aromatic heterocycles.